The fourth-order valence-corrected chi connectivity index (χ4v) is 4.13. The molecule has 0 spiro atoms. The lowest BCUT2D eigenvalue weighted by molar-refractivity contribution is 0.0921. The van der Waals surface area contributed by atoms with Crippen molar-refractivity contribution in [2.45, 2.75) is 38.5 Å². The maximum absolute atomic E-state index is 12.7. The molecule has 0 saturated carbocycles. The van der Waals surface area contributed by atoms with Crippen molar-refractivity contribution in [3.63, 3.8) is 0 Å². The summed E-state index contributed by atoms with van der Waals surface area (Å²) in [5.41, 5.74) is 1.65. The molecule has 0 saturated heterocycles. The highest BCUT2D eigenvalue weighted by molar-refractivity contribution is 7.99. The molecule has 8 heteroatoms. The molecule has 0 bridgehead atoms. The maximum atomic E-state index is 12.7. The first kappa shape index (κ1) is 23.2. The molecule has 32 heavy (non-hydrogen) atoms. The molecule has 1 N–H and O–H groups in total. The second-order valence-electron chi connectivity index (χ2n) is 7.55. The van der Waals surface area contributed by atoms with Gasteiger partial charge in [-0.1, -0.05) is 55.9 Å². The van der Waals surface area contributed by atoms with Gasteiger partial charge in [-0.15, -0.1) is 10.2 Å². The summed E-state index contributed by atoms with van der Waals surface area (Å²) in [6.45, 7) is 6.63. The quantitative estimate of drug-likeness (QED) is 0.388. The standard InChI is InChI=1S/C24H25N5O2S/c1-4-29-22(21(16(2)3)26-23(31)19-8-6-5-7-9-19)27-28-24(29)32-15-20(30)18-12-10-17(14-25)11-13-18/h5-13,16,21H,4,15H2,1-3H3,(H,26,31)/t21-/m0/s1. The summed E-state index contributed by atoms with van der Waals surface area (Å²) < 4.78 is 1.94. The zero-order valence-electron chi connectivity index (χ0n) is 18.3. The number of Topliss-reactive ketones (excluding diaryl/α,β-unsaturated/α-hetero) is 1. The van der Waals surface area contributed by atoms with Crippen LogP contribution in [0.2, 0.25) is 0 Å². The molecule has 7 nitrogen and oxygen atoms in total. The second-order valence-corrected chi connectivity index (χ2v) is 8.49. The third kappa shape index (κ3) is 5.42. The van der Waals surface area contributed by atoms with E-state index in [1.807, 2.05) is 49.6 Å². The number of carbonyl (C=O) groups excluding carboxylic acids is 2. The van der Waals surface area contributed by atoms with Gasteiger partial charge in [0.1, 0.15) is 0 Å². The Balaban J connectivity index is 1.75. The number of hydrogen-bond donors (Lipinski definition) is 1. The highest BCUT2D eigenvalue weighted by atomic mass is 32.2. The maximum Gasteiger partial charge on any atom is 0.251 e. The van der Waals surface area contributed by atoms with Gasteiger partial charge in [0.25, 0.3) is 5.91 Å². The van der Waals surface area contributed by atoms with E-state index in [1.165, 1.54) is 11.8 Å². The molecule has 3 rings (SSSR count). The van der Waals surface area contributed by atoms with E-state index >= 15 is 0 Å². The molecule has 0 aliphatic heterocycles. The fourth-order valence-electron chi connectivity index (χ4n) is 3.22. The number of aromatic nitrogens is 3. The first-order valence-electron chi connectivity index (χ1n) is 10.4. The highest BCUT2D eigenvalue weighted by Gasteiger charge is 2.26. The normalized spacial score (nSPS) is 11.7. The zero-order valence-corrected chi connectivity index (χ0v) is 19.1. The molecule has 1 heterocycles. The number of benzene rings is 2. The Hall–Kier alpha value is -3.44. The van der Waals surface area contributed by atoms with E-state index in [-0.39, 0.29) is 29.4 Å². The molecule has 2 aromatic carbocycles. The zero-order chi connectivity index (χ0) is 23.1. The van der Waals surface area contributed by atoms with Crippen LogP contribution in [0.4, 0.5) is 0 Å². The average Bonchev–Trinajstić information content (AvgIpc) is 3.23. The fraction of sp³-hybridized carbons (Fsp3) is 0.292. The molecule has 0 fully saturated rings. The van der Waals surface area contributed by atoms with Crippen molar-refractivity contribution < 1.29 is 9.59 Å². The predicted octanol–water partition coefficient (Wildman–Crippen LogP) is 4.27. The summed E-state index contributed by atoms with van der Waals surface area (Å²) in [5.74, 6) is 0.743. The summed E-state index contributed by atoms with van der Waals surface area (Å²) in [4.78, 5) is 25.3. The lowest BCUT2D eigenvalue weighted by Gasteiger charge is -2.22. The predicted molar refractivity (Wildman–Crippen MR) is 123 cm³/mol. The van der Waals surface area contributed by atoms with E-state index in [0.717, 1.165) is 0 Å². The minimum absolute atomic E-state index is 0.0514. The van der Waals surface area contributed by atoms with Crippen molar-refractivity contribution in [1.82, 2.24) is 20.1 Å². The van der Waals surface area contributed by atoms with Crippen LogP contribution in [-0.2, 0) is 6.54 Å². The smallest absolute Gasteiger partial charge is 0.251 e. The van der Waals surface area contributed by atoms with E-state index in [9.17, 15) is 9.59 Å². The van der Waals surface area contributed by atoms with E-state index in [2.05, 4.69) is 15.5 Å². The van der Waals surface area contributed by atoms with Gasteiger partial charge in [0.05, 0.1) is 23.4 Å². The Labute approximate surface area is 191 Å². The monoisotopic (exact) mass is 447 g/mol. The van der Waals surface area contributed by atoms with Crippen LogP contribution in [0.1, 0.15) is 58.9 Å². The van der Waals surface area contributed by atoms with Crippen LogP contribution < -0.4 is 5.32 Å². The van der Waals surface area contributed by atoms with E-state index in [0.29, 0.717) is 34.2 Å². The van der Waals surface area contributed by atoms with E-state index in [4.69, 9.17) is 5.26 Å². The van der Waals surface area contributed by atoms with Crippen LogP contribution in [0.25, 0.3) is 0 Å². The molecule has 0 radical (unpaired) electrons. The van der Waals surface area contributed by atoms with Crippen LogP contribution in [0.3, 0.4) is 0 Å². The van der Waals surface area contributed by atoms with Gasteiger partial charge in [-0.3, -0.25) is 9.59 Å². The largest absolute Gasteiger partial charge is 0.342 e. The van der Waals surface area contributed by atoms with Crippen LogP contribution in [0, 0.1) is 17.2 Å². The minimum atomic E-state index is -0.321. The number of nitrogens with zero attached hydrogens (tertiary/aromatic N) is 4. The van der Waals surface area contributed by atoms with Crippen molar-refractivity contribution in [3.8, 4) is 6.07 Å². The first-order valence-corrected chi connectivity index (χ1v) is 11.4. The number of thioether (sulfide) groups is 1. The van der Waals surface area contributed by atoms with Crippen LogP contribution >= 0.6 is 11.8 Å². The van der Waals surface area contributed by atoms with Crippen molar-refractivity contribution in [3.05, 3.63) is 77.1 Å². The third-order valence-electron chi connectivity index (χ3n) is 5.00. The Morgan fingerprint density at radius 1 is 1.06 bits per heavy atom. The summed E-state index contributed by atoms with van der Waals surface area (Å²) in [5, 5.41) is 21.3. The summed E-state index contributed by atoms with van der Waals surface area (Å²) >= 11 is 1.31. The van der Waals surface area contributed by atoms with Gasteiger partial charge in [-0.2, -0.15) is 5.26 Å². The number of ketones is 1. The third-order valence-corrected chi connectivity index (χ3v) is 5.96. The first-order chi connectivity index (χ1) is 15.4. The molecule has 3 aromatic rings. The van der Waals surface area contributed by atoms with Gasteiger partial charge in [-0.25, -0.2) is 0 Å². The minimum Gasteiger partial charge on any atom is -0.342 e. The Morgan fingerprint density at radius 2 is 1.75 bits per heavy atom. The van der Waals surface area contributed by atoms with Gasteiger partial charge in [0.2, 0.25) is 0 Å². The lowest BCUT2D eigenvalue weighted by Crippen LogP contribution is -2.33. The van der Waals surface area contributed by atoms with E-state index < -0.39 is 0 Å². The molecule has 1 amide bonds. The van der Waals surface area contributed by atoms with Crippen molar-refractivity contribution in [2.24, 2.45) is 5.92 Å². The Kier molecular flexibility index (Phi) is 7.79. The number of rotatable bonds is 9. The SMILES string of the molecule is CCn1c(SCC(=O)c2ccc(C#N)cc2)nnc1[C@@H](NC(=O)c1ccccc1)C(C)C. The van der Waals surface area contributed by atoms with Crippen LogP contribution in [-0.4, -0.2) is 32.2 Å². The van der Waals surface area contributed by atoms with Gasteiger partial charge in [0.15, 0.2) is 16.8 Å². The van der Waals surface area contributed by atoms with Crippen molar-refractivity contribution in [2.75, 3.05) is 5.75 Å². The number of nitrogens with one attached hydrogen (secondary N) is 1. The van der Waals surface area contributed by atoms with Gasteiger partial charge < -0.3 is 9.88 Å². The molecule has 1 aromatic heterocycles. The lowest BCUT2D eigenvalue weighted by atomic mass is 10.0. The average molecular weight is 448 g/mol. The summed E-state index contributed by atoms with van der Waals surface area (Å²) in [7, 11) is 0. The number of hydrogen-bond acceptors (Lipinski definition) is 6. The molecule has 0 aliphatic rings. The van der Waals surface area contributed by atoms with Crippen molar-refractivity contribution in [1.29, 1.82) is 5.26 Å². The number of carbonyl (C=O) groups is 2. The summed E-state index contributed by atoms with van der Waals surface area (Å²) in [6.07, 6.45) is 0. The highest BCUT2D eigenvalue weighted by Crippen LogP contribution is 2.26. The molecule has 164 valence electrons. The topological polar surface area (TPSA) is 101 Å². The molecule has 0 unspecified atom stereocenters. The van der Waals surface area contributed by atoms with Gasteiger partial charge in [0, 0.05) is 17.7 Å². The molecule has 1 atom stereocenters. The Morgan fingerprint density at radius 3 is 2.34 bits per heavy atom. The van der Waals surface area contributed by atoms with Crippen molar-refractivity contribution >= 4 is 23.5 Å². The molecule has 0 aliphatic carbocycles. The second kappa shape index (κ2) is 10.7. The van der Waals surface area contributed by atoms with Gasteiger partial charge in [-0.05, 0) is 37.1 Å². The van der Waals surface area contributed by atoms with E-state index in [1.54, 1.807) is 36.4 Å². The molecular weight excluding hydrogens is 422 g/mol. The summed E-state index contributed by atoms with van der Waals surface area (Å²) in [6, 6.07) is 17.4. The number of amides is 1. The molecular formula is C24H25N5O2S. The van der Waals surface area contributed by atoms with Crippen LogP contribution in [0.5, 0.6) is 0 Å². The van der Waals surface area contributed by atoms with Crippen LogP contribution in [0.15, 0.2) is 59.8 Å². The van der Waals surface area contributed by atoms with Gasteiger partial charge >= 0.3 is 0 Å². The Bertz CT molecular complexity index is 1120. The number of nitriles is 1.